The van der Waals surface area contributed by atoms with Crippen molar-refractivity contribution in [3.8, 4) is 5.88 Å². The lowest BCUT2D eigenvalue weighted by atomic mass is 10.4. The number of pyridine rings is 1. The number of nitrogens with one attached hydrogen (secondary N) is 1. The van der Waals surface area contributed by atoms with Gasteiger partial charge in [0.1, 0.15) is 10.8 Å². The van der Waals surface area contributed by atoms with Gasteiger partial charge in [-0.1, -0.05) is 30.1 Å². The molecular formula is C11H16Cl2N2O. The molecule has 1 heterocycles. The second-order valence-corrected chi connectivity index (χ2v) is 4.51. The molecule has 1 aromatic heterocycles. The zero-order valence-corrected chi connectivity index (χ0v) is 11.2. The fraction of sp³-hybridized carbons (Fsp3) is 0.545. The highest BCUT2D eigenvalue weighted by Crippen LogP contribution is 2.31. The lowest BCUT2D eigenvalue weighted by Gasteiger charge is -2.13. The molecule has 0 atom stereocenters. The lowest BCUT2D eigenvalue weighted by molar-refractivity contribution is 0.233. The van der Waals surface area contributed by atoms with E-state index < -0.39 is 0 Å². The monoisotopic (exact) mass is 262 g/mol. The number of halogens is 2. The Morgan fingerprint density at radius 3 is 2.62 bits per heavy atom. The maximum absolute atomic E-state index is 6.01. The van der Waals surface area contributed by atoms with E-state index >= 15 is 0 Å². The summed E-state index contributed by atoms with van der Waals surface area (Å²) in [5.41, 5.74) is 0. The molecule has 0 radical (unpaired) electrons. The summed E-state index contributed by atoms with van der Waals surface area (Å²) in [6.07, 6.45) is 1.03. The number of ether oxygens (including phenoxy) is 1. The SMILES string of the molecule is CCCNc1nc(OC(C)C)c(Cl)cc1Cl. The van der Waals surface area contributed by atoms with Crippen LogP contribution < -0.4 is 10.1 Å². The lowest BCUT2D eigenvalue weighted by Crippen LogP contribution is -2.09. The van der Waals surface area contributed by atoms with Crippen LogP contribution in [-0.2, 0) is 0 Å². The number of rotatable bonds is 5. The number of anilines is 1. The highest BCUT2D eigenvalue weighted by molar-refractivity contribution is 6.36. The van der Waals surface area contributed by atoms with Crippen molar-refractivity contribution in [3.63, 3.8) is 0 Å². The van der Waals surface area contributed by atoms with E-state index in [0.29, 0.717) is 21.7 Å². The van der Waals surface area contributed by atoms with Gasteiger partial charge in [-0.3, -0.25) is 0 Å². The molecule has 0 saturated heterocycles. The van der Waals surface area contributed by atoms with Gasteiger partial charge in [-0.05, 0) is 26.3 Å². The van der Waals surface area contributed by atoms with Crippen LogP contribution in [0.3, 0.4) is 0 Å². The summed E-state index contributed by atoms with van der Waals surface area (Å²) in [5.74, 6) is 1.03. The Bertz CT molecular complexity index is 356. The van der Waals surface area contributed by atoms with E-state index in [9.17, 15) is 0 Å². The second-order valence-electron chi connectivity index (χ2n) is 3.70. The van der Waals surface area contributed by atoms with Crippen LogP contribution >= 0.6 is 23.2 Å². The summed E-state index contributed by atoms with van der Waals surface area (Å²) in [4.78, 5) is 4.25. The predicted molar refractivity (Wildman–Crippen MR) is 68.8 cm³/mol. The predicted octanol–water partition coefficient (Wildman–Crippen LogP) is 4.00. The van der Waals surface area contributed by atoms with Crippen LogP contribution in [0.15, 0.2) is 6.07 Å². The maximum Gasteiger partial charge on any atom is 0.234 e. The Morgan fingerprint density at radius 2 is 2.06 bits per heavy atom. The van der Waals surface area contributed by atoms with Crippen molar-refractivity contribution in [1.29, 1.82) is 0 Å². The van der Waals surface area contributed by atoms with Crippen LogP contribution in [0.2, 0.25) is 10.0 Å². The topological polar surface area (TPSA) is 34.2 Å². The zero-order valence-electron chi connectivity index (χ0n) is 9.68. The highest BCUT2D eigenvalue weighted by atomic mass is 35.5. The second kappa shape index (κ2) is 6.16. The third kappa shape index (κ3) is 3.72. The first-order valence-electron chi connectivity index (χ1n) is 5.31. The van der Waals surface area contributed by atoms with Crippen molar-refractivity contribution in [2.75, 3.05) is 11.9 Å². The van der Waals surface area contributed by atoms with Crippen LogP contribution in [-0.4, -0.2) is 17.6 Å². The van der Waals surface area contributed by atoms with Crippen molar-refractivity contribution >= 4 is 29.0 Å². The number of hydrogen-bond donors (Lipinski definition) is 1. The van der Waals surface area contributed by atoms with E-state index in [0.717, 1.165) is 13.0 Å². The van der Waals surface area contributed by atoms with Crippen LogP contribution in [0.1, 0.15) is 27.2 Å². The van der Waals surface area contributed by atoms with E-state index in [1.807, 2.05) is 13.8 Å². The van der Waals surface area contributed by atoms with Gasteiger partial charge in [-0.15, -0.1) is 0 Å². The minimum absolute atomic E-state index is 0.0326. The average molecular weight is 263 g/mol. The van der Waals surface area contributed by atoms with Gasteiger partial charge in [-0.2, -0.15) is 4.98 Å². The third-order valence-corrected chi connectivity index (χ3v) is 2.35. The highest BCUT2D eigenvalue weighted by Gasteiger charge is 2.11. The molecule has 3 nitrogen and oxygen atoms in total. The van der Waals surface area contributed by atoms with Gasteiger partial charge in [0.2, 0.25) is 5.88 Å². The molecule has 0 amide bonds. The Hall–Kier alpha value is -0.670. The molecule has 5 heteroatoms. The van der Waals surface area contributed by atoms with Crippen LogP contribution in [0.4, 0.5) is 5.82 Å². The fourth-order valence-electron chi connectivity index (χ4n) is 1.12. The Morgan fingerprint density at radius 1 is 1.38 bits per heavy atom. The van der Waals surface area contributed by atoms with Gasteiger partial charge in [0.15, 0.2) is 0 Å². The molecule has 0 aliphatic heterocycles. The number of nitrogens with zero attached hydrogens (tertiary/aromatic N) is 1. The van der Waals surface area contributed by atoms with Crippen LogP contribution in [0, 0.1) is 0 Å². The van der Waals surface area contributed by atoms with Gasteiger partial charge >= 0.3 is 0 Å². The molecular weight excluding hydrogens is 247 g/mol. The maximum atomic E-state index is 6.01. The van der Waals surface area contributed by atoms with Crippen molar-refractivity contribution in [2.24, 2.45) is 0 Å². The molecule has 0 saturated carbocycles. The van der Waals surface area contributed by atoms with E-state index in [1.165, 1.54) is 0 Å². The van der Waals surface area contributed by atoms with E-state index in [4.69, 9.17) is 27.9 Å². The molecule has 16 heavy (non-hydrogen) atoms. The molecule has 0 aliphatic rings. The summed E-state index contributed by atoms with van der Waals surface area (Å²) in [5, 5.41) is 4.06. The van der Waals surface area contributed by atoms with Crippen molar-refractivity contribution < 1.29 is 4.74 Å². The Balaban J connectivity index is 2.92. The molecule has 0 aromatic carbocycles. The first-order chi connectivity index (χ1) is 7.54. The Labute approximate surface area is 106 Å². The summed E-state index contributed by atoms with van der Waals surface area (Å²) in [7, 11) is 0. The molecule has 0 spiro atoms. The normalized spacial score (nSPS) is 10.6. The molecule has 90 valence electrons. The van der Waals surface area contributed by atoms with Gasteiger partial charge in [-0.25, -0.2) is 0 Å². The third-order valence-electron chi connectivity index (χ3n) is 1.79. The minimum Gasteiger partial charge on any atom is -0.474 e. The van der Waals surface area contributed by atoms with E-state index in [2.05, 4.69) is 17.2 Å². The van der Waals surface area contributed by atoms with Crippen molar-refractivity contribution in [2.45, 2.75) is 33.3 Å². The molecule has 0 fully saturated rings. The molecule has 1 N–H and O–H groups in total. The van der Waals surface area contributed by atoms with Crippen molar-refractivity contribution in [3.05, 3.63) is 16.1 Å². The minimum atomic E-state index is 0.0326. The quantitative estimate of drug-likeness (QED) is 0.871. The Kier molecular flexibility index (Phi) is 5.16. The molecule has 0 bridgehead atoms. The summed E-state index contributed by atoms with van der Waals surface area (Å²) >= 11 is 12.0. The average Bonchev–Trinajstić information content (AvgIpc) is 2.20. The molecule has 0 unspecified atom stereocenters. The molecule has 1 rings (SSSR count). The van der Waals surface area contributed by atoms with Gasteiger partial charge < -0.3 is 10.1 Å². The first kappa shape index (κ1) is 13.4. The molecule has 0 aliphatic carbocycles. The summed E-state index contributed by atoms with van der Waals surface area (Å²) in [6.45, 7) is 6.73. The number of hydrogen-bond acceptors (Lipinski definition) is 3. The van der Waals surface area contributed by atoms with Gasteiger partial charge in [0.25, 0.3) is 0 Å². The van der Waals surface area contributed by atoms with E-state index in [-0.39, 0.29) is 6.10 Å². The standard InChI is InChI=1S/C11H16Cl2N2O/c1-4-5-14-10-8(12)6-9(13)11(15-10)16-7(2)3/h6-7H,4-5H2,1-3H3,(H,14,15). The van der Waals surface area contributed by atoms with Crippen molar-refractivity contribution in [1.82, 2.24) is 4.98 Å². The van der Waals surface area contributed by atoms with Gasteiger partial charge in [0, 0.05) is 6.54 Å². The largest absolute Gasteiger partial charge is 0.474 e. The fourth-order valence-corrected chi connectivity index (χ4v) is 1.59. The summed E-state index contributed by atoms with van der Waals surface area (Å²) < 4.78 is 5.48. The summed E-state index contributed by atoms with van der Waals surface area (Å²) in [6, 6.07) is 1.64. The van der Waals surface area contributed by atoms with Gasteiger partial charge in [0.05, 0.1) is 11.1 Å². The van der Waals surface area contributed by atoms with Crippen LogP contribution in [0.5, 0.6) is 5.88 Å². The molecule has 1 aromatic rings. The zero-order chi connectivity index (χ0) is 12.1. The first-order valence-corrected chi connectivity index (χ1v) is 6.06. The van der Waals surface area contributed by atoms with Crippen LogP contribution in [0.25, 0.3) is 0 Å². The van der Waals surface area contributed by atoms with E-state index in [1.54, 1.807) is 6.07 Å². The smallest absolute Gasteiger partial charge is 0.234 e. The number of aromatic nitrogens is 1.